The van der Waals surface area contributed by atoms with E-state index >= 15 is 0 Å². The molecule has 9 heavy (non-hydrogen) atoms. The molecule has 0 saturated heterocycles. The third kappa shape index (κ3) is 0.848. The van der Waals surface area contributed by atoms with E-state index in [9.17, 15) is 0 Å². The fourth-order valence-corrected chi connectivity index (χ4v) is 3.95. The lowest BCUT2D eigenvalue weighted by Gasteiger charge is -2.17. The second kappa shape index (κ2) is 2.10. The van der Waals surface area contributed by atoms with Gasteiger partial charge < -0.3 is 4.80 Å². The topological polar surface area (TPSA) is 20.2 Å². The summed E-state index contributed by atoms with van der Waals surface area (Å²) in [6.07, 6.45) is 5.74. The van der Waals surface area contributed by atoms with Crippen molar-refractivity contribution in [2.24, 2.45) is 11.8 Å². The minimum atomic E-state index is -0.638. The molecule has 2 fully saturated rings. The highest BCUT2D eigenvalue weighted by Crippen LogP contribution is 2.50. The van der Waals surface area contributed by atoms with E-state index in [1.807, 2.05) is 0 Å². The SMILES string of the molecule is O[SiH2]C1CC2CCC1C2. The summed E-state index contributed by atoms with van der Waals surface area (Å²) in [5.41, 5.74) is 0.823. The molecule has 0 heterocycles. The van der Waals surface area contributed by atoms with Crippen molar-refractivity contribution in [3.8, 4) is 0 Å². The maximum absolute atomic E-state index is 9.03. The predicted molar refractivity (Wildman–Crippen MR) is 40.0 cm³/mol. The van der Waals surface area contributed by atoms with Crippen LogP contribution in [0.3, 0.4) is 0 Å². The molecule has 0 amide bonds. The highest BCUT2D eigenvalue weighted by Gasteiger charge is 2.38. The van der Waals surface area contributed by atoms with Crippen LogP contribution in [0.25, 0.3) is 0 Å². The average Bonchev–Trinajstić information content (AvgIpc) is 2.45. The summed E-state index contributed by atoms with van der Waals surface area (Å²) in [5.74, 6) is 1.99. The minimum absolute atomic E-state index is 0.638. The fraction of sp³-hybridized carbons (Fsp3) is 1.00. The quantitative estimate of drug-likeness (QED) is 0.534. The summed E-state index contributed by atoms with van der Waals surface area (Å²) < 4.78 is 0. The van der Waals surface area contributed by atoms with Crippen LogP contribution in [0.4, 0.5) is 0 Å². The molecule has 1 nitrogen and oxygen atoms in total. The molecule has 2 aliphatic carbocycles. The molecule has 0 spiro atoms. The van der Waals surface area contributed by atoms with E-state index in [0.717, 1.165) is 17.4 Å². The van der Waals surface area contributed by atoms with Crippen LogP contribution >= 0.6 is 0 Å². The highest BCUT2D eigenvalue weighted by molar-refractivity contribution is 6.28. The van der Waals surface area contributed by atoms with Crippen molar-refractivity contribution in [3.63, 3.8) is 0 Å². The van der Waals surface area contributed by atoms with Gasteiger partial charge in [0, 0.05) is 0 Å². The van der Waals surface area contributed by atoms with E-state index in [1.165, 1.54) is 25.7 Å². The lowest BCUT2D eigenvalue weighted by Crippen LogP contribution is -2.10. The first-order chi connectivity index (χ1) is 4.40. The molecule has 2 heteroatoms. The summed E-state index contributed by atoms with van der Waals surface area (Å²) in [7, 11) is -0.638. The maximum atomic E-state index is 9.03. The first-order valence-corrected chi connectivity index (χ1v) is 5.46. The zero-order valence-electron chi connectivity index (χ0n) is 5.71. The Morgan fingerprint density at radius 2 is 2.11 bits per heavy atom. The van der Waals surface area contributed by atoms with E-state index in [1.54, 1.807) is 0 Å². The molecule has 2 aliphatic rings. The van der Waals surface area contributed by atoms with Crippen molar-refractivity contribution in [3.05, 3.63) is 0 Å². The Morgan fingerprint density at radius 3 is 2.44 bits per heavy atom. The van der Waals surface area contributed by atoms with Crippen molar-refractivity contribution in [2.45, 2.75) is 31.2 Å². The van der Waals surface area contributed by atoms with E-state index < -0.39 is 9.76 Å². The first-order valence-electron chi connectivity index (χ1n) is 4.01. The van der Waals surface area contributed by atoms with Crippen molar-refractivity contribution in [1.29, 1.82) is 0 Å². The Balaban J connectivity index is 2.01. The zero-order chi connectivity index (χ0) is 6.27. The van der Waals surface area contributed by atoms with Gasteiger partial charge >= 0.3 is 0 Å². The Hall–Kier alpha value is 0.177. The van der Waals surface area contributed by atoms with Gasteiger partial charge in [-0.1, -0.05) is 12.8 Å². The molecule has 52 valence electrons. The van der Waals surface area contributed by atoms with E-state index in [0.29, 0.717) is 0 Å². The molecule has 2 rings (SSSR count). The van der Waals surface area contributed by atoms with Crippen LogP contribution in [-0.2, 0) is 0 Å². The smallest absolute Gasteiger partial charge is 0.160 e. The molecule has 0 radical (unpaired) electrons. The van der Waals surface area contributed by atoms with Crippen LogP contribution in [0.2, 0.25) is 5.54 Å². The Morgan fingerprint density at radius 1 is 1.22 bits per heavy atom. The summed E-state index contributed by atoms with van der Waals surface area (Å²) >= 11 is 0. The summed E-state index contributed by atoms with van der Waals surface area (Å²) in [5, 5.41) is 0. The molecule has 0 aromatic rings. The molecular formula is C7H14OSi. The van der Waals surface area contributed by atoms with Crippen LogP contribution in [0, 0.1) is 11.8 Å². The summed E-state index contributed by atoms with van der Waals surface area (Å²) in [6.45, 7) is 0. The Bertz CT molecular complexity index is 115. The molecule has 0 aromatic carbocycles. The van der Waals surface area contributed by atoms with Gasteiger partial charge in [-0.15, -0.1) is 0 Å². The van der Waals surface area contributed by atoms with Crippen LogP contribution in [0.5, 0.6) is 0 Å². The van der Waals surface area contributed by atoms with Gasteiger partial charge in [-0.25, -0.2) is 0 Å². The molecular weight excluding hydrogens is 128 g/mol. The monoisotopic (exact) mass is 142 g/mol. The number of hydrogen-bond donors (Lipinski definition) is 1. The predicted octanol–water partition coefficient (Wildman–Crippen LogP) is 0.671. The molecule has 2 saturated carbocycles. The van der Waals surface area contributed by atoms with Crippen LogP contribution in [0.15, 0.2) is 0 Å². The van der Waals surface area contributed by atoms with Crippen molar-refractivity contribution >= 4 is 9.76 Å². The van der Waals surface area contributed by atoms with Crippen LogP contribution < -0.4 is 0 Å². The maximum Gasteiger partial charge on any atom is 0.160 e. The third-order valence-corrected chi connectivity index (χ3v) is 4.59. The van der Waals surface area contributed by atoms with Gasteiger partial charge in [0.1, 0.15) is 0 Å². The van der Waals surface area contributed by atoms with Crippen molar-refractivity contribution < 1.29 is 4.80 Å². The molecule has 3 unspecified atom stereocenters. The Kier molecular flexibility index (Phi) is 1.38. The van der Waals surface area contributed by atoms with E-state index in [2.05, 4.69) is 0 Å². The molecule has 3 atom stereocenters. The molecule has 0 aliphatic heterocycles. The minimum Gasteiger partial charge on any atom is -0.438 e. The number of fused-ring (bicyclic) bond motifs is 2. The second-order valence-electron chi connectivity index (χ2n) is 3.62. The van der Waals surface area contributed by atoms with Gasteiger partial charge in [-0.05, 0) is 30.2 Å². The Labute approximate surface area is 58.4 Å². The van der Waals surface area contributed by atoms with Gasteiger partial charge in [0.05, 0.1) is 0 Å². The second-order valence-corrected chi connectivity index (χ2v) is 5.03. The molecule has 1 N–H and O–H groups in total. The fourth-order valence-electron chi connectivity index (χ4n) is 2.60. The summed E-state index contributed by atoms with van der Waals surface area (Å²) in [4.78, 5) is 9.03. The van der Waals surface area contributed by atoms with Crippen molar-refractivity contribution in [1.82, 2.24) is 0 Å². The summed E-state index contributed by atoms with van der Waals surface area (Å²) in [6, 6.07) is 0. The third-order valence-electron chi connectivity index (χ3n) is 3.12. The highest BCUT2D eigenvalue weighted by atomic mass is 28.2. The first kappa shape index (κ1) is 5.92. The van der Waals surface area contributed by atoms with Gasteiger partial charge in [-0.3, -0.25) is 0 Å². The normalized spacial score (nSPS) is 49.7. The molecule has 0 aromatic heterocycles. The molecule has 2 bridgehead atoms. The van der Waals surface area contributed by atoms with Crippen LogP contribution in [-0.4, -0.2) is 14.6 Å². The zero-order valence-corrected chi connectivity index (χ0v) is 7.13. The largest absolute Gasteiger partial charge is 0.438 e. The average molecular weight is 142 g/mol. The van der Waals surface area contributed by atoms with Gasteiger partial charge in [0.25, 0.3) is 0 Å². The van der Waals surface area contributed by atoms with E-state index in [-0.39, 0.29) is 0 Å². The lowest BCUT2D eigenvalue weighted by atomic mass is 10.0. The van der Waals surface area contributed by atoms with E-state index in [4.69, 9.17) is 4.80 Å². The number of hydrogen-bond acceptors (Lipinski definition) is 1. The number of rotatable bonds is 1. The standard InChI is InChI=1S/C7H14OSi/c8-9-7-4-5-1-2-6(7)3-5/h5-8H,1-4,9H2. The van der Waals surface area contributed by atoms with Crippen molar-refractivity contribution in [2.75, 3.05) is 0 Å². The van der Waals surface area contributed by atoms with Gasteiger partial charge in [0.15, 0.2) is 9.76 Å². The van der Waals surface area contributed by atoms with Gasteiger partial charge in [0.2, 0.25) is 0 Å². The van der Waals surface area contributed by atoms with Crippen LogP contribution in [0.1, 0.15) is 25.7 Å². The van der Waals surface area contributed by atoms with Gasteiger partial charge in [-0.2, -0.15) is 0 Å². The lowest BCUT2D eigenvalue weighted by molar-refractivity contribution is 0.446.